The Labute approximate surface area is 176 Å². The zero-order valence-electron chi connectivity index (χ0n) is 16.5. The SMILES string of the molecule is CC1(C)c2ccccc2-c2ccc3c(c21)c1cc(S)ccc1n3-c1ccccc1. The Morgan fingerprint density at radius 1 is 0.724 bits per heavy atom. The highest BCUT2D eigenvalue weighted by Crippen LogP contribution is 2.53. The first-order chi connectivity index (χ1) is 14.1. The second kappa shape index (κ2) is 5.77. The van der Waals surface area contributed by atoms with Crippen molar-refractivity contribution in [3.63, 3.8) is 0 Å². The molecule has 0 unspecified atom stereocenters. The largest absolute Gasteiger partial charge is 0.309 e. The van der Waals surface area contributed by atoms with Crippen molar-refractivity contribution >= 4 is 34.4 Å². The summed E-state index contributed by atoms with van der Waals surface area (Å²) in [5, 5.41) is 2.62. The van der Waals surface area contributed by atoms with Gasteiger partial charge in [0.15, 0.2) is 0 Å². The number of benzene rings is 4. The van der Waals surface area contributed by atoms with Gasteiger partial charge in [0.25, 0.3) is 0 Å². The summed E-state index contributed by atoms with van der Waals surface area (Å²) in [4.78, 5) is 0.996. The Hall–Kier alpha value is -2.97. The Morgan fingerprint density at radius 3 is 2.28 bits per heavy atom. The van der Waals surface area contributed by atoms with Crippen LogP contribution in [0.1, 0.15) is 25.0 Å². The van der Waals surface area contributed by atoms with E-state index < -0.39 is 0 Å². The number of aromatic nitrogens is 1. The summed E-state index contributed by atoms with van der Waals surface area (Å²) in [7, 11) is 0. The Balaban J connectivity index is 1.84. The molecule has 0 amide bonds. The normalized spacial score (nSPS) is 14.3. The number of thiol groups is 1. The second-order valence-corrected chi connectivity index (χ2v) is 8.94. The van der Waals surface area contributed by atoms with Gasteiger partial charge < -0.3 is 4.57 Å². The van der Waals surface area contributed by atoms with Crippen molar-refractivity contribution in [2.45, 2.75) is 24.2 Å². The summed E-state index contributed by atoms with van der Waals surface area (Å²) in [5.41, 5.74) is 9.17. The van der Waals surface area contributed by atoms with E-state index in [1.165, 1.54) is 49.7 Å². The number of nitrogens with zero attached hydrogens (tertiary/aromatic N) is 1. The van der Waals surface area contributed by atoms with Gasteiger partial charge in [-0.25, -0.2) is 0 Å². The fourth-order valence-electron chi connectivity index (χ4n) is 5.23. The van der Waals surface area contributed by atoms with E-state index in [2.05, 4.69) is 116 Å². The quantitative estimate of drug-likeness (QED) is 0.284. The van der Waals surface area contributed by atoms with Crippen molar-refractivity contribution in [1.82, 2.24) is 4.57 Å². The topological polar surface area (TPSA) is 4.93 Å². The van der Waals surface area contributed by atoms with E-state index in [1.807, 2.05) is 0 Å². The molecule has 1 aromatic heterocycles. The molecule has 0 aliphatic heterocycles. The van der Waals surface area contributed by atoms with E-state index in [9.17, 15) is 0 Å². The molecule has 0 saturated carbocycles. The number of para-hydroxylation sites is 1. The second-order valence-electron chi connectivity index (χ2n) is 8.43. The molecule has 4 aromatic carbocycles. The van der Waals surface area contributed by atoms with Crippen molar-refractivity contribution in [3.05, 3.63) is 96.1 Å². The third kappa shape index (κ3) is 2.18. The van der Waals surface area contributed by atoms with E-state index in [4.69, 9.17) is 0 Å². The van der Waals surface area contributed by atoms with Gasteiger partial charge in [-0.3, -0.25) is 0 Å². The van der Waals surface area contributed by atoms with Crippen LogP contribution >= 0.6 is 12.6 Å². The van der Waals surface area contributed by atoms with Gasteiger partial charge in [0.2, 0.25) is 0 Å². The van der Waals surface area contributed by atoms with Crippen LogP contribution in [0.15, 0.2) is 89.8 Å². The van der Waals surface area contributed by atoms with E-state index in [1.54, 1.807) is 0 Å². The number of hydrogen-bond acceptors (Lipinski definition) is 1. The standard InChI is InChI=1S/C27H21NS/c1-27(2)22-11-7-6-10-19(22)20-13-15-24-25(26(20)27)21-16-18(29)12-14-23(21)28(24)17-8-4-3-5-9-17/h3-16,29H,1-2H3. The Bertz CT molecular complexity index is 1420. The molecule has 1 aliphatic carbocycles. The number of rotatable bonds is 1. The van der Waals surface area contributed by atoms with Crippen LogP contribution in [0.4, 0.5) is 0 Å². The van der Waals surface area contributed by atoms with Gasteiger partial charge in [-0.05, 0) is 58.7 Å². The Kier molecular flexibility index (Phi) is 3.37. The molecule has 29 heavy (non-hydrogen) atoms. The molecule has 0 spiro atoms. The van der Waals surface area contributed by atoms with Crippen molar-refractivity contribution < 1.29 is 0 Å². The molecule has 140 valence electrons. The fraction of sp³-hybridized carbons (Fsp3) is 0.111. The van der Waals surface area contributed by atoms with Gasteiger partial charge in [0.1, 0.15) is 0 Å². The van der Waals surface area contributed by atoms with Crippen molar-refractivity contribution in [1.29, 1.82) is 0 Å². The molecule has 0 saturated heterocycles. The van der Waals surface area contributed by atoms with Crippen molar-refractivity contribution in [2.24, 2.45) is 0 Å². The summed E-state index contributed by atoms with van der Waals surface area (Å²) in [6, 6.07) is 30.6. The van der Waals surface area contributed by atoms with Gasteiger partial charge in [-0.15, -0.1) is 12.6 Å². The zero-order valence-corrected chi connectivity index (χ0v) is 17.4. The molecule has 0 radical (unpaired) electrons. The van der Waals surface area contributed by atoms with Crippen LogP contribution in [0.5, 0.6) is 0 Å². The maximum absolute atomic E-state index is 4.67. The van der Waals surface area contributed by atoms with Crippen LogP contribution in [0.25, 0.3) is 38.6 Å². The van der Waals surface area contributed by atoms with Crippen molar-refractivity contribution in [3.8, 4) is 16.8 Å². The van der Waals surface area contributed by atoms with Crippen LogP contribution in [0, 0.1) is 0 Å². The van der Waals surface area contributed by atoms with Gasteiger partial charge in [0.05, 0.1) is 11.0 Å². The highest BCUT2D eigenvalue weighted by molar-refractivity contribution is 7.80. The van der Waals surface area contributed by atoms with Crippen LogP contribution in [0.2, 0.25) is 0 Å². The lowest BCUT2D eigenvalue weighted by Crippen LogP contribution is -2.15. The van der Waals surface area contributed by atoms with Gasteiger partial charge in [-0.2, -0.15) is 0 Å². The minimum atomic E-state index is -0.0478. The molecule has 5 aromatic rings. The van der Waals surface area contributed by atoms with E-state index >= 15 is 0 Å². The van der Waals surface area contributed by atoms with Gasteiger partial charge in [0, 0.05) is 26.8 Å². The molecule has 6 rings (SSSR count). The van der Waals surface area contributed by atoms with Gasteiger partial charge in [-0.1, -0.05) is 62.4 Å². The first-order valence-electron chi connectivity index (χ1n) is 10.0. The van der Waals surface area contributed by atoms with Crippen LogP contribution < -0.4 is 0 Å². The monoisotopic (exact) mass is 391 g/mol. The smallest absolute Gasteiger partial charge is 0.0544 e. The zero-order chi connectivity index (χ0) is 19.8. The maximum Gasteiger partial charge on any atom is 0.0544 e. The summed E-state index contributed by atoms with van der Waals surface area (Å²) >= 11 is 4.67. The third-order valence-corrected chi connectivity index (χ3v) is 6.72. The number of hydrogen-bond donors (Lipinski definition) is 1. The predicted molar refractivity (Wildman–Crippen MR) is 126 cm³/mol. The minimum Gasteiger partial charge on any atom is -0.309 e. The van der Waals surface area contributed by atoms with Crippen LogP contribution in [-0.4, -0.2) is 4.57 Å². The summed E-state index contributed by atoms with van der Waals surface area (Å²) in [5.74, 6) is 0. The lowest BCUT2D eigenvalue weighted by Gasteiger charge is -2.22. The summed E-state index contributed by atoms with van der Waals surface area (Å²) < 4.78 is 2.39. The third-order valence-electron chi connectivity index (χ3n) is 6.44. The molecule has 0 fully saturated rings. The van der Waals surface area contributed by atoms with Gasteiger partial charge >= 0.3 is 0 Å². The van der Waals surface area contributed by atoms with Crippen LogP contribution in [0.3, 0.4) is 0 Å². The summed E-state index contributed by atoms with van der Waals surface area (Å²) in [6.45, 7) is 4.71. The molecule has 0 atom stereocenters. The first-order valence-corrected chi connectivity index (χ1v) is 10.5. The van der Waals surface area contributed by atoms with Crippen LogP contribution in [-0.2, 0) is 5.41 Å². The fourth-order valence-corrected chi connectivity index (χ4v) is 5.43. The highest BCUT2D eigenvalue weighted by atomic mass is 32.1. The Morgan fingerprint density at radius 2 is 1.45 bits per heavy atom. The average molecular weight is 392 g/mol. The molecule has 0 bridgehead atoms. The molecular weight excluding hydrogens is 370 g/mol. The average Bonchev–Trinajstić information content (AvgIpc) is 3.18. The first kappa shape index (κ1) is 16.9. The van der Waals surface area contributed by atoms with Crippen molar-refractivity contribution in [2.75, 3.05) is 0 Å². The lowest BCUT2D eigenvalue weighted by atomic mass is 9.80. The highest BCUT2D eigenvalue weighted by Gasteiger charge is 2.37. The summed E-state index contributed by atoms with van der Waals surface area (Å²) in [6.07, 6.45) is 0. The molecule has 0 N–H and O–H groups in total. The predicted octanol–water partition coefficient (Wildman–Crippen LogP) is 7.38. The molecule has 2 heteroatoms. The van der Waals surface area contributed by atoms with E-state index in [0.717, 1.165) is 4.90 Å². The maximum atomic E-state index is 4.67. The molecular formula is C27H21NS. The minimum absolute atomic E-state index is 0.0478. The lowest BCUT2D eigenvalue weighted by molar-refractivity contribution is 0.666. The van der Waals surface area contributed by atoms with E-state index in [0.29, 0.717) is 0 Å². The van der Waals surface area contributed by atoms with E-state index in [-0.39, 0.29) is 5.41 Å². The molecule has 1 heterocycles. The number of fused-ring (bicyclic) bond motifs is 7. The molecule has 1 aliphatic rings. The molecule has 1 nitrogen and oxygen atoms in total.